The molecule has 2 aromatic rings. The third-order valence-electron chi connectivity index (χ3n) is 2.69. The fourth-order valence-corrected chi connectivity index (χ4v) is 2.66. The van der Waals surface area contributed by atoms with Crippen molar-refractivity contribution < 1.29 is 9.53 Å². The summed E-state index contributed by atoms with van der Waals surface area (Å²) in [5, 5.41) is 2.03. The average Bonchev–Trinajstić information content (AvgIpc) is 2.90. The Kier molecular flexibility index (Phi) is 3.94. The summed E-state index contributed by atoms with van der Waals surface area (Å²) in [6, 6.07) is 14.1. The second kappa shape index (κ2) is 5.64. The Morgan fingerprint density at radius 1 is 1.24 bits per heavy atom. The van der Waals surface area contributed by atoms with Gasteiger partial charge in [-0.2, -0.15) is 0 Å². The Hall–Kier alpha value is -1.61. The summed E-state index contributed by atoms with van der Waals surface area (Å²) in [7, 11) is 1.43. The van der Waals surface area contributed by atoms with Gasteiger partial charge < -0.3 is 4.74 Å². The molecular weight excluding hydrogens is 232 g/mol. The van der Waals surface area contributed by atoms with E-state index >= 15 is 0 Å². The number of ether oxygens (including phenoxy) is 1. The Balaban J connectivity index is 2.28. The maximum atomic E-state index is 11.5. The molecule has 2 rings (SSSR count). The van der Waals surface area contributed by atoms with E-state index in [0.29, 0.717) is 6.42 Å². The zero-order chi connectivity index (χ0) is 12.1. The molecule has 0 spiro atoms. The maximum Gasteiger partial charge on any atom is 0.306 e. The van der Waals surface area contributed by atoms with Gasteiger partial charge in [0.2, 0.25) is 0 Å². The predicted octanol–water partition coefficient (Wildman–Crippen LogP) is 3.44. The molecule has 0 bridgehead atoms. The molecule has 1 aromatic carbocycles. The lowest BCUT2D eigenvalue weighted by Crippen LogP contribution is -2.08. The Morgan fingerprint density at radius 2 is 2.00 bits per heavy atom. The molecule has 17 heavy (non-hydrogen) atoms. The van der Waals surface area contributed by atoms with Gasteiger partial charge in [-0.3, -0.25) is 4.79 Å². The molecule has 0 saturated heterocycles. The highest BCUT2D eigenvalue weighted by Crippen LogP contribution is 2.31. The SMILES string of the molecule is COC(=O)CC(c1ccccc1)c1cccs1. The van der Waals surface area contributed by atoms with Crippen LogP contribution in [0.5, 0.6) is 0 Å². The molecule has 0 saturated carbocycles. The highest BCUT2D eigenvalue weighted by Gasteiger charge is 2.19. The second-order valence-corrected chi connectivity index (χ2v) is 4.74. The van der Waals surface area contributed by atoms with Gasteiger partial charge in [-0.25, -0.2) is 0 Å². The van der Waals surface area contributed by atoms with Gasteiger partial charge in [0.25, 0.3) is 0 Å². The van der Waals surface area contributed by atoms with E-state index in [1.807, 2.05) is 41.8 Å². The topological polar surface area (TPSA) is 26.3 Å². The monoisotopic (exact) mass is 246 g/mol. The standard InChI is InChI=1S/C14H14O2S/c1-16-14(15)10-12(13-8-5-9-17-13)11-6-3-2-4-7-11/h2-9,12H,10H2,1H3. The summed E-state index contributed by atoms with van der Waals surface area (Å²) in [5.74, 6) is -0.0732. The summed E-state index contributed by atoms with van der Waals surface area (Å²) < 4.78 is 4.77. The minimum Gasteiger partial charge on any atom is -0.469 e. The number of benzene rings is 1. The number of hydrogen-bond donors (Lipinski definition) is 0. The zero-order valence-corrected chi connectivity index (χ0v) is 10.4. The number of thiophene rings is 1. The minimum atomic E-state index is -0.174. The van der Waals surface area contributed by atoms with Crippen LogP contribution in [-0.2, 0) is 9.53 Å². The van der Waals surface area contributed by atoms with Crippen LogP contribution in [0.1, 0.15) is 22.8 Å². The van der Waals surface area contributed by atoms with Crippen LogP contribution in [0.15, 0.2) is 47.8 Å². The molecule has 88 valence electrons. The molecular formula is C14H14O2S. The van der Waals surface area contributed by atoms with Crippen molar-refractivity contribution >= 4 is 17.3 Å². The van der Waals surface area contributed by atoms with Crippen molar-refractivity contribution in [1.82, 2.24) is 0 Å². The van der Waals surface area contributed by atoms with E-state index < -0.39 is 0 Å². The number of carbonyl (C=O) groups excluding carboxylic acids is 1. The number of methoxy groups -OCH3 is 1. The smallest absolute Gasteiger partial charge is 0.306 e. The third-order valence-corrected chi connectivity index (χ3v) is 3.67. The fraction of sp³-hybridized carbons (Fsp3) is 0.214. The van der Waals surface area contributed by atoms with E-state index in [0.717, 1.165) is 5.56 Å². The molecule has 2 nitrogen and oxygen atoms in total. The van der Waals surface area contributed by atoms with Crippen molar-refractivity contribution in [2.45, 2.75) is 12.3 Å². The maximum absolute atomic E-state index is 11.5. The second-order valence-electron chi connectivity index (χ2n) is 3.76. The molecule has 3 heteroatoms. The van der Waals surface area contributed by atoms with Crippen molar-refractivity contribution in [2.75, 3.05) is 7.11 Å². The Morgan fingerprint density at radius 3 is 2.59 bits per heavy atom. The van der Waals surface area contributed by atoms with E-state index in [4.69, 9.17) is 4.74 Å². The molecule has 0 aliphatic carbocycles. The molecule has 1 heterocycles. The molecule has 1 unspecified atom stereocenters. The van der Waals surface area contributed by atoms with Crippen molar-refractivity contribution in [1.29, 1.82) is 0 Å². The molecule has 1 aromatic heterocycles. The van der Waals surface area contributed by atoms with E-state index in [1.54, 1.807) is 11.3 Å². The van der Waals surface area contributed by atoms with E-state index in [9.17, 15) is 4.79 Å². The quantitative estimate of drug-likeness (QED) is 0.772. The lowest BCUT2D eigenvalue weighted by Gasteiger charge is -2.14. The first kappa shape index (κ1) is 11.9. The van der Waals surface area contributed by atoms with E-state index in [1.165, 1.54) is 12.0 Å². The highest BCUT2D eigenvalue weighted by molar-refractivity contribution is 7.10. The van der Waals surface area contributed by atoms with Gasteiger partial charge >= 0.3 is 5.97 Å². The van der Waals surface area contributed by atoms with Gasteiger partial charge in [-0.15, -0.1) is 11.3 Å². The van der Waals surface area contributed by atoms with Gasteiger partial charge in [0.1, 0.15) is 0 Å². The van der Waals surface area contributed by atoms with Crippen molar-refractivity contribution in [3.8, 4) is 0 Å². The van der Waals surface area contributed by atoms with Crippen LogP contribution < -0.4 is 0 Å². The van der Waals surface area contributed by atoms with Crippen LogP contribution in [-0.4, -0.2) is 13.1 Å². The molecule has 0 fully saturated rings. The predicted molar refractivity (Wildman–Crippen MR) is 69.2 cm³/mol. The first-order valence-corrected chi connectivity index (χ1v) is 6.34. The minimum absolute atomic E-state index is 0.101. The molecule has 0 N–H and O–H groups in total. The molecule has 0 aliphatic heterocycles. The van der Waals surface area contributed by atoms with Crippen LogP contribution in [0.3, 0.4) is 0 Å². The van der Waals surface area contributed by atoms with Gasteiger partial charge in [0.05, 0.1) is 13.5 Å². The van der Waals surface area contributed by atoms with E-state index in [2.05, 4.69) is 6.07 Å². The van der Waals surface area contributed by atoms with Gasteiger partial charge in [-0.1, -0.05) is 36.4 Å². The Bertz CT molecular complexity index is 462. The molecule has 0 radical (unpaired) electrons. The van der Waals surface area contributed by atoms with Crippen molar-refractivity contribution in [3.63, 3.8) is 0 Å². The Labute approximate surface area is 105 Å². The van der Waals surface area contributed by atoms with Crippen LogP contribution >= 0.6 is 11.3 Å². The lowest BCUT2D eigenvalue weighted by atomic mass is 9.94. The molecule has 0 aliphatic rings. The normalized spacial score (nSPS) is 12.1. The summed E-state index contributed by atoms with van der Waals surface area (Å²) in [5.41, 5.74) is 1.15. The van der Waals surface area contributed by atoms with Crippen molar-refractivity contribution in [2.24, 2.45) is 0 Å². The van der Waals surface area contributed by atoms with Gasteiger partial charge in [0.15, 0.2) is 0 Å². The average molecular weight is 246 g/mol. The summed E-state index contributed by atoms with van der Waals surface area (Å²) in [6.07, 6.45) is 0.390. The van der Waals surface area contributed by atoms with Crippen LogP contribution in [0.25, 0.3) is 0 Å². The first-order chi connectivity index (χ1) is 8.31. The number of hydrogen-bond acceptors (Lipinski definition) is 3. The number of esters is 1. The summed E-state index contributed by atoms with van der Waals surface area (Å²) >= 11 is 1.67. The molecule has 1 atom stereocenters. The molecule has 0 amide bonds. The lowest BCUT2D eigenvalue weighted by molar-refractivity contribution is -0.140. The van der Waals surface area contributed by atoms with Crippen molar-refractivity contribution in [3.05, 3.63) is 58.3 Å². The summed E-state index contributed by atoms with van der Waals surface area (Å²) in [4.78, 5) is 12.7. The summed E-state index contributed by atoms with van der Waals surface area (Å²) in [6.45, 7) is 0. The van der Waals surface area contributed by atoms with E-state index in [-0.39, 0.29) is 11.9 Å². The number of rotatable bonds is 4. The van der Waals surface area contributed by atoms with Crippen LogP contribution in [0.4, 0.5) is 0 Å². The largest absolute Gasteiger partial charge is 0.469 e. The van der Waals surface area contributed by atoms with Crippen LogP contribution in [0, 0.1) is 0 Å². The number of carbonyl (C=O) groups is 1. The fourth-order valence-electron chi connectivity index (χ4n) is 1.81. The van der Waals surface area contributed by atoms with Gasteiger partial charge in [0, 0.05) is 10.8 Å². The first-order valence-electron chi connectivity index (χ1n) is 5.46. The van der Waals surface area contributed by atoms with Gasteiger partial charge in [-0.05, 0) is 17.0 Å². The third kappa shape index (κ3) is 2.94. The zero-order valence-electron chi connectivity index (χ0n) is 9.63. The van der Waals surface area contributed by atoms with Crippen LogP contribution in [0.2, 0.25) is 0 Å². The highest BCUT2D eigenvalue weighted by atomic mass is 32.1.